The van der Waals surface area contributed by atoms with E-state index in [9.17, 15) is 0 Å². The summed E-state index contributed by atoms with van der Waals surface area (Å²) in [4.78, 5) is 0. The fraction of sp³-hybridized carbons (Fsp3) is 1.00. The van der Waals surface area contributed by atoms with Crippen molar-refractivity contribution in [1.29, 1.82) is 0 Å². The van der Waals surface area contributed by atoms with Crippen LogP contribution in [-0.2, 0) is 14.2 Å². The molecule has 0 saturated heterocycles. The van der Waals surface area contributed by atoms with Crippen molar-refractivity contribution in [3.8, 4) is 0 Å². The molecule has 0 radical (unpaired) electrons. The van der Waals surface area contributed by atoms with Gasteiger partial charge in [0.15, 0.2) is 0 Å². The van der Waals surface area contributed by atoms with Crippen molar-refractivity contribution in [2.75, 3.05) is 40.1 Å². The first-order valence-electron chi connectivity index (χ1n) is 6.70. The summed E-state index contributed by atoms with van der Waals surface area (Å²) in [5, 5.41) is 0. The van der Waals surface area contributed by atoms with Crippen LogP contribution in [0.15, 0.2) is 0 Å². The topological polar surface area (TPSA) is 53.7 Å². The van der Waals surface area contributed by atoms with Crippen LogP contribution in [0.1, 0.15) is 38.5 Å². The summed E-state index contributed by atoms with van der Waals surface area (Å²) in [5.41, 5.74) is 6.21. The van der Waals surface area contributed by atoms with Crippen LogP contribution >= 0.6 is 0 Å². The van der Waals surface area contributed by atoms with E-state index in [0.717, 1.165) is 32.5 Å². The van der Waals surface area contributed by atoms with E-state index in [1.54, 1.807) is 7.11 Å². The van der Waals surface area contributed by atoms with Crippen molar-refractivity contribution in [1.82, 2.24) is 0 Å². The second-order valence-electron chi connectivity index (χ2n) is 4.93. The summed E-state index contributed by atoms with van der Waals surface area (Å²) in [7, 11) is 1.68. The number of hydrogen-bond acceptors (Lipinski definition) is 4. The van der Waals surface area contributed by atoms with E-state index in [1.807, 2.05) is 0 Å². The second-order valence-corrected chi connectivity index (χ2v) is 4.93. The van der Waals surface area contributed by atoms with Crippen LogP contribution in [0.4, 0.5) is 0 Å². The summed E-state index contributed by atoms with van der Waals surface area (Å²) in [6, 6.07) is 0. The molecule has 0 aromatic carbocycles. The molecule has 0 aromatic rings. The van der Waals surface area contributed by atoms with Gasteiger partial charge in [-0.15, -0.1) is 0 Å². The third-order valence-corrected chi connectivity index (χ3v) is 3.25. The van der Waals surface area contributed by atoms with Crippen molar-refractivity contribution in [2.24, 2.45) is 5.73 Å². The molecule has 1 saturated carbocycles. The largest absolute Gasteiger partial charge is 0.382 e. The van der Waals surface area contributed by atoms with E-state index in [4.69, 9.17) is 19.9 Å². The summed E-state index contributed by atoms with van der Waals surface area (Å²) in [6.45, 7) is 3.50. The Hall–Kier alpha value is -0.160. The number of ether oxygens (including phenoxy) is 3. The molecule has 0 amide bonds. The Morgan fingerprint density at radius 2 is 1.65 bits per heavy atom. The van der Waals surface area contributed by atoms with Gasteiger partial charge in [-0.2, -0.15) is 0 Å². The molecule has 4 nitrogen and oxygen atoms in total. The number of hydrogen-bond donors (Lipinski definition) is 1. The molecule has 1 fully saturated rings. The lowest BCUT2D eigenvalue weighted by molar-refractivity contribution is 0.0344. The zero-order chi connectivity index (χ0) is 12.4. The van der Waals surface area contributed by atoms with Crippen molar-refractivity contribution in [3.05, 3.63) is 0 Å². The molecule has 102 valence electrons. The highest BCUT2D eigenvalue weighted by Gasteiger charge is 2.27. The quantitative estimate of drug-likeness (QED) is 0.628. The average Bonchev–Trinajstić information content (AvgIpc) is 2.33. The second kappa shape index (κ2) is 8.86. The predicted molar refractivity (Wildman–Crippen MR) is 68.1 cm³/mol. The minimum atomic E-state index is -0.0604. The van der Waals surface area contributed by atoms with Gasteiger partial charge in [0.25, 0.3) is 0 Å². The first-order valence-corrected chi connectivity index (χ1v) is 6.70. The van der Waals surface area contributed by atoms with Gasteiger partial charge >= 0.3 is 0 Å². The fourth-order valence-electron chi connectivity index (χ4n) is 2.18. The van der Waals surface area contributed by atoms with Gasteiger partial charge in [0.05, 0.1) is 19.8 Å². The Labute approximate surface area is 105 Å². The lowest BCUT2D eigenvalue weighted by atomic mass is 9.83. The zero-order valence-electron chi connectivity index (χ0n) is 11.1. The molecule has 1 aliphatic carbocycles. The third-order valence-electron chi connectivity index (χ3n) is 3.25. The first-order chi connectivity index (χ1) is 8.27. The Balaban J connectivity index is 1.89. The van der Waals surface area contributed by atoms with E-state index in [-0.39, 0.29) is 5.54 Å². The fourth-order valence-corrected chi connectivity index (χ4v) is 2.18. The van der Waals surface area contributed by atoms with Crippen LogP contribution in [0.3, 0.4) is 0 Å². The molecule has 0 heterocycles. The molecule has 0 atom stereocenters. The highest BCUT2D eigenvalue weighted by atomic mass is 16.5. The molecular formula is C13H27NO3. The van der Waals surface area contributed by atoms with Crippen LogP contribution in [-0.4, -0.2) is 45.7 Å². The van der Waals surface area contributed by atoms with E-state index < -0.39 is 0 Å². The molecule has 0 spiro atoms. The van der Waals surface area contributed by atoms with Crippen molar-refractivity contribution >= 4 is 0 Å². The normalized spacial score (nSPS) is 19.4. The maximum atomic E-state index is 6.27. The summed E-state index contributed by atoms with van der Waals surface area (Å²) >= 11 is 0. The molecule has 0 aromatic heterocycles. The van der Waals surface area contributed by atoms with Gasteiger partial charge in [0, 0.05) is 25.9 Å². The summed E-state index contributed by atoms with van der Waals surface area (Å²) in [6.07, 6.45) is 6.97. The molecule has 17 heavy (non-hydrogen) atoms. The molecule has 1 rings (SSSR count). The smallest absolute Gasteiger partial charge is 0.0700 e. The van der Waals surface area contributed by atoms with E-state index in [0.29, 0.717) is 19.8 Å². The highest BCUT2D eigenvalue weighted by molar-refractivity contribution is 4.86. The van der Waals surface area contributed by atoms with Gasteiger partial charge in [-0.05, 0) is 19.3 Å². The molecule has 2 N–H and O–H groups in total. The Morgan fingerprint density at radius 3 is 2.35 bits per heavy atom. The summed E-state index contributed by atoms with van der Waals surface area (Å²) in [5.74, 6) is 0. The lowest BCUT2D eigenvalue weighted by Crippen LogP contribution is -2.46. The van der Waals surface area contributed by atoms with Gasteiger partial charge in [-0.1, -0.05) is 19.3 Å². The van der Waals surface area contributed by atoms with Crippen molar-refractivity contribution in [2.45, 2.75) is 44.1 Å². The third kappa shape index (κ3) is 6.99. The highest BCUT2D eigenvalue weighted by Crippen LogP contribution is 2.25. The van der Waals surface area contributed by atoms with E-state index in [2.05, 4.69) is 0 Å². The van der Waals surface area contributed by atoms with Crippen LogP contribution in [0.25, 0.3) is 0 Å². The van der Waals surface area contributed by atoms with Crippen molar-refractivity contribution in [3.63, 3.8) is 0 Å². The van der Waals surface area contributed by atoms with E-state index in [1.165, 1.54) is 19.3 Å². The minimum absolute atomic E-state index is 0.0604. The monoisotopic (exact) mass is 245 g/mol. The predicted octanol–water partition coefficient (Wildman–Crippen LogP) is 1.72. The van der Waals surface area contributed by atoms with Gasteiger partial charge in [0.1, 0.15) is 0 Å². The first kappa shape index (κ1) is 14.9. The number of methoxy groups -OCH3 is 1. The average molecular weight is 245 g/mol. The van der Waals surface area contributed by atoms with Crippen molar-refractivity contribution < 1.29 is 14.2 Å². The number of rotatable bonds is 9. The molecule has 1 aliphatic rings. The van der Waals surface area contributed by atoms with Gasteiger partial charge in [-0.3, -0.25) is 0 Å². The lowest BCUT2D eigenvalue weighted by Gasteiger charge is -2.33. The SMILES string of the molecule is COCCOCCCOCC1(N)CCCCC1. The van der Waals surface area contributed by atoms with Gasteiger partial charge in [-0.25, -0.2) is 0 Å². The Bertz CT molecular complexity index is 182. The van der Waals surface area contributed by atoms with Gasteiger partial charge in [0.2, 0.25) is 0 Å². The molecule has 0 aliphatic heterocycles. The van der Waals surface area contributed by atoms with Crippen LogP contribution in [0.2, 0.25) is 0 Å². The molecule has 0 unspecified atom stereocenters. The van der Waals surface area contributed by atoms with Crippen LogP contribution in [0.5, 0.6) is 0 Å². The number of nitrogens with two attached hydrogens (primary N) is 1. The van der Waals surface area contributed by atoms with Crippen LogP contribution in [0, 0.1) is 0 Å². The maximum absolute atomic E-state index is 6.27. The maximum Gasteiger partial charge on any atom is 0.0700 e. The molecule has 0 bridgehead atoms. The Morgan fingerprint density at radius 1 is 0.941 bits per heavy atom. The zero-order valence-corrected chi connectivity index (χ0v) is 11.1. The molecule has 4 heteroatoms. The minimum Gasteiger partial charge on any atom is -0.382 e. The summed E-state index contributed by atoms with van der Waals surface area (Å²) < 4.78 is 15.9. The molecular weight excluding hydrogens is 218 g/mol. The van der Waals surface area contributed by atoms with Gasteiger partial charge < -0.3 is 19.9 Å². The standard InChI is InChI=1S/C13H27NO3/c1-15-10-11-16-8-5-9-17-12-13(14)6-3-2-4-7-13/h2-12,14H2,1H3. The van der Waals surface area contributed by atoms with E-state index >= 15 is 0 Å². The van der Waals surface area contributed by atoms with Crippen LogP contribution < -0.4 is 5.73 Å². The Kier molecular flexibility index (Phi) is 7.77.